The number of ether oxygens (including phenoxy) is 1. The molecule has 0 aliphatic carbocycles. The van der Waals surface area contributed by atoms with E-state index in [9.17, 15) is 23.4 Å². The highest BCUT2D eigenvalue weighted by atomic mass is 32.2. The minimum absolute atomic E-state index is 0.155. The Kier molecular flexibility index (Phi) is 8.35. The fraction of sp³-hybridized carbons (Fsp3) is 0.474. The second-order valence-corrected chi connectivity index (χ2v) is 8.87. The van der Waals surface area contributed by atoms with Crippen LogP contribution in [0.2, 0.25) is 0 Å². The summed E-state index contributed by atoms with van der Waals surface area (Å²) in [5, 5.41) is 23.5. The molecule has 1 aromatic carbocycles. The number of aromatic nitrogens is 1. The number of carbonyl (C=O) groups is 1. The predicted molar refractivity (Wildman–Crippen MR) is 110 cm³/mol. The van der Waals surface area contributed by atoms with Crippen LogP contribution in [-0.2, 0) is 21.2 Å². The molecule has 0 aliphatic rings. The zero-order valence-corrected chi connectivity index (χ0v) is 17.9. The van der Waals surface area contributed by atoms with Crippen LogP contribution >= 0.6 is 0 Å². The van der Waals surface area contributed by atoms with Gasteiger partial charge in [-0.05, 0) is 18.4 Å². The van der Waals surface area contributed by atoms with Crippen LogP contribution in [0.3, 0.4) is 0 Å². The lowest BCUT2D eigenvalue weighted by Gasteiger charge is -2.27. The third-order valence-electron chi connectivity index (χ3n) is 4.53. The summed E-state index contributed by atoms with van der Waals surface area (Å²) >= 11 is 0. The molecule has 166 valence electrons. The van der Waals surface area contributed by atoms with Crippen molar-refractivity contribution in [3.63, 3.8) is 0 Å². The number of methoxy groups -OCH3 is 1. The molecule has 0 radical (unpaired) electrons. The zero-order valence-electron chi connectivity index (χ0n) is 17.1. The number of benzene rings is 1. The van der Waals surface area contributed by atoms with Crippen molar-refractivity contribution < 1.29 is 32.6 Å². The molecule has 2 rings (SSSR count). The Morgan fingerprint density at radius 1 is 1.30 bits per heavy atom. The lowest BCUT2D eigenvalue weighted by atomic mass is 9.96. The SMILES string of the molecule is COCCC(O)C(O)C(Cc1ccccc1)NC(=O)c1coc(N(C)S(C)(=O)=O)n1. The molecule has 2 aromatic rings. The Hall–Kier alpha value is -2.47. The summed E-state index contributed by atoms with van der Waals surface area (Å²) in [7, 11) is -0.874. The van der Waals surface area contributed by atoms with Gasteiger partial charge in [0.05, 0.1) is 18.4 Å². The first-order chi connectivity index (χ1) is 14.1. The Morgan fingerprint density at radius 3 is 2.57 bits per heavy atom. The molecular weight excluding hydrogens is 414 g/mol. The number of nitrogens with one attached hydrogen (secondary N) is 1. The van der Waals surface area contributed by atoms with Gasteiger partial charge in [0.2, 0.25) is 10.0 Å². The number of carbonyl (C=O) groups excluding carboxylic acids is 1. The molecule has 0 bridgehead atoms. The van der Waals surface area contributed by atoms with Crippen molar-refractivity contribution >= 4 is 21.9 Å². The maximum atomic E-state index is 12.7. The van der Waals surface area contributed by atoms with Crippen LogP contribution in [0, 0.1) is 0 Å². The van der Waals surface area contributed by atoms with Crippen LogP contribution in [-0.4, -0.2) is 74.8 Å². The number of amides is 1. The number of nitrogens with zero attached hydrogens (tertiary/aromatic N) is 2. The van der Waals surface area contributed by atoms with Gasteiger partial charge in [-0.3, -0.25) is 4.79 Å². The largest absolute Gasteiger partial charge is 0.430 e. The van der Waals surface area contributed by atoms with Gasteiger partial charge in [0.25, 0.3) is 5.91 Å². The normalized spacial score (nSPS) is 14.7. The van der Waals surface area contributed by atoms with Crippen molar-refractivity contribution in [3.05, 3.63) is 47.9 Å². The second kappa shape index (κ2) is 10.5. The molecule has 0 fully saturated rings. The molecule has 3 N–H and O–H groups in total. The van der Waals surface area contributed by atoms with Crippen molar-refractivity contribution in [1.82, 2.24) is 10.3 Å². The van der Waals surface area contributed by atoms with Crippen molar-refractivity contribution in [2.24, 2.45) is 0 Å². The predicted octanol–water partition coefficient (Wildman–Crippen LogP) is 0.170. The van der Waals surface area contributed by atoms with E-state index in [1.54, 1.807) is 0 Å². The van der Waals surface area contributed by atoms with E-state index in [2.05, 4.69) is 10.3 Å². The number of anilines is 1. The van der Waals surface area contributed by atoms with E-state index in [0.29, 0.717) is 0 Å². The fourth-order valence-electron chi connectivity index (χ4n) is 2.70. The maximum absolute atomic E-state index is 12.7. The summed E-state index contributed by atoms with van der Waals surface area (Å²) in [6.45, 7) is 0.245. The molecule has 11 heteroatoms. The second-order valence-electron chi connectivity index (χ2n) is 6.85. The fourth-order valence-corrected chi connectivity index (χ4v) is 3.07. The van der Waals surface area contributed by atoms with Crippen molar-refractivity contribution in [2.45, 2.75) is 31.1 Å². The summed E-state index contributed by atoms with van der Waals surface area (Å²) in [4.78, 5) is 16.5. The van der Waals surface area contributed by atoms with E-state index in [4.69, 9.17) is 9.15 Å². The lowest BCUT2D eigenvalue weighted by Crippen LogP contribution is -2.50. The van der Waals surface area contributed by atoms with Gasteiger partial charge in [-0.1, -0.05) is 30.3 Å². The molecule has 0 saturated carbocycles. The Labute approximate surface area is 175 Å². The summed E-state index contributed by atoms with van der Waals surface area (Å²) in [6, 6.07) is 8.07. The molecular formula is C19H27N3O7S. The Balaban J connectivity index is 2.18. The summed E-state index contributed by atoms with van der Waals surface area (Å²) in [5.74, 6) is -0.675. The number of aliphatic hydroxyl groups is 2. The number of hydrogen-bond acceptors (Lipinski definition) is 8. The maximum Gasteiger partial charge on any atom is 0.311 e. The van der Waals surface area contributed by atoms with Gasteiger partial charge in [0, 0.05) is 20.8 Å². The molecule has 0 saturated heterocycles. The third-order valence-corrected chi connectivity index (χ3v) is 5.68. The van der Waals surface area contributed by atoms with Crippen molar-refractivity contribution in [2.75, 3.05) is 31.3 Å². The smallest absolute Gasteiger partial charge is 0.311 e. The average molecular weight is 442 g/mol. The van der Waals surface area contributed by atoms with Crippen LogP contribution < -0.4 is 9.62 Å². The van der Waals surface area contributed by atoms with E-state index in [1.807, 2.05) is 30.3 Å². The van der Waals surface area contributed by atoms with Gasteiger partial charge in [0.1, 0.15) is 12.4 Å². The van der Waals surface area contributed by atoms with E-state index in [-0.39, 0.29) is 31.2 Å². The number of aliphatic hydroxyl groups excluding tert-OH is 2. The van der Waals surface area contributed by atoms with Crippen LogP contribution in [0.25, 0.3) is 0 Å². The van der Waals surface area contributed by atoms with Crippen LogP contribution in [0.5, 0.6) is 0 Å². The summed E-state index contributed by atoms with van der Waals surface area (Å²) in [6.07, 6.45) is 0.0554. The first-order valence-electron chi connectivity index (χ1n) is 9.22. The number of sulfonamides is 1. The van der Waals surface area contributed by atoms with Gasteiger partial charge in [-0.25, -0.2) is 12.7 Å². The minimum atomic E-state index is -3.61. The third kappa shape index (κ3) is 6.52. The first kappa shape index (κ1) is 23.8. The Morgan fingerprint density at radius 2 is 1.97 bits per heavy atom. The van der Waals surface area contributed by atoms with Crippen LogP contribution in [0.1, 0.15) is 22.5 Å². The Bertz CT molecular complexity index is 917. The number of rotatable bonds is 11. The average Bonchev–Trinajstić information content (AvgIpc) is 3.20. The van der Waals surface area contributed by atoms with Gasteiger partial charge in [0.15, 0.2) is 5.69 Å². The quantitative estimate of drug-likeness (QED) is 0.448. The molecule has 1 amide bonds. The highest BCUT2D eigenvalue weighted by Gasteiger charge is 2.29. The standard InChI is InChI=1S/C19H27N3O7S/c1-22(30(3,26)27)19-21-15(12-29-19)18(25)20-14(11-13-7-5-4-6-8-13)17(24)16(23)9-10-28-2/h4-8,12,14,16-17,23-24H,9-11H2,1-3H3,(H,20,25). The number of hydrogen-bond donors (Lipinski definition) is 3. The zero-order chi connectivity index (χ0) is 22.3. The molecule has 30 heavy (non-hydrogen) atoms. The highest BCUT2D eigenvalue weighted by Crippen LogP contribution is 2.16. The van der Waals surface area contributed by atoms with Gasteiger partial charge in [-0.2, -0.15) is 4.98 Å². The van der Waals surface area contributed by atoms with Gasteiger partial charge < -0.3 is 24.7 Å². The van der Waals surface area contributed by atoms with E-state index >= 15 is 0 Å². The van der Waals surface area contributed by atoms with Crippen molar-refractivity contribution in [3.8, 4) is 0 Å². The first-order valence-corrected chi connectivity index (χ1v) is 11.1. The molecule has 0 spiro atoms. The van der Waals surface area contributed by atoms with Crippen LogP contribution in [0.15, 0.2) is 41.0 Å². The monoisotopic (exact) mass is 441 g/mol. The summed E-state index contributed by atoms with van der Waals surface area (Å²) in [5.41, 5.74) is 0.690. The van der Waals surface area contributed by atoms with Gasteiger partial charge in [-0.15, -0.1) is 0 Å². The lowest BCUT2D eigenvalue weighted by molar-refractivity contribution is -0.0177. The van der Waals surface area contributed by atoms with E-state index in [0.717, 1.165) is 22.4 Å². The minimum Gasteiger partial charge on any atom is -0.430 e. The molecule has 1 aromatic heterocycles. The summed E-state index contributed by atoms with van der Waals surface area (Å²) < 4.78 is 34.0. The van der Waals surface area contributed by atoms with E-state index in [1.165, 1.54) is 14.2 Å². The van der Waals surface area contributed by atoms with E-state index < -0.39 is 34.2 Å². The molecule has 1 heterocycles. The van der Waals surface area contributed by atoms with Crippen LogP contribution in [0.4, 0.5) is 6.01 Å². The molecule has 0 aliphatic heterocycles. The van der Waals surface area contributed by atoms with Gasteiger partial charge >= 0.3 is 6.01 Å². The molecule has 10 nitrogen and oxygen atoms in total. The number of oxazole rings is 1. The highest BCUT2D eigenvalue weighted by molar-refractivity contribution is 7.92. The topological polar surface area (TPSA) is 142 Å². The van der Waals surface area contributed by atoms with Crippen molar-refractivity contribution in [1.29, 1.82) is 0 Å². The molecule has 3 unspecified atom stereocenters. The molecule has 3 atom stereocenters.